The van der Waals surface area contributed by atoms with Gasteiger partial charge in [-0.25, -0.2) is 8.42 Å². The van der Waals surface area contributed by atoms with Crippen LogP contribution in [0.5, 0.6) is 11.5 Å². The summed E-state index contributed by atoms with van der Waals surface area (Å²) in [4.78, 5) is 12.4. The molecule has 36 heavy (non-hydrogen) atoms. The van der Waals surface area contributed by atoms with Gasteiger partial charge in [-0.15, -0.1) is 0 Å². The second-order valence-electron chi connectivity index (χ2n) is 8.60. The molecule has 0 aromatic heterocycles. The highest BCUT2D eigenvalue weighted by Crippen LogP contribution is 2.47. The highest BCUT2D eigenvalue weighted by atomic mass is 32.2. The van der Waals surface area contributed by atoms with Gasteiger partial charge in [0.2, 0.25) is 0 Å². The maximum Gasteiger partial charge on any atom is 0.262 e. The summed E-state index contributed by atoms with van der Waals surface area (Å²) in [5, 5.41) is 12.1. The summed E-state index contributed by atoms with van der Waals surface area (Å²) in [5.41, 5.74) is 2.20. The molecule has 0 spiro atoms. The Bertz CT molecular complexity index is 1390. The first-order valence-corrected chi connectivity index (χ1v) is 13.0. The normalized spacial score (nSPS) is 13.8. The van der Waals surface area contributed by atoms with Crippen LogP contribution in [0.3, 0.4) is 0 Å². The predicted octanol–water partition coefficient (Wildman–Crippen LogP) is 4.77. The van der Waals surface area contributed by atoms with E-state index in [1.54, 1.807) is 43.3 Å². The third-order valence-corrected chi connectivity index (χ3v) is 7.30. The van der Waals surface area contributed by atoms with Gasteiger partial charge in [-0.2, -0.15) is 5.26 Å². The van der Waals surface area contributed by atoms with Gasteiger partial charge in [-0.3, -0.25) is 9.52 Å². The fraction of sp³-hybridized carbons (Fsp3) is 0.259. The molecule has 2 N–H and O–H groups in total. The van der Waals surface area contributed by atoms with E-state index in [2.05, 4.69) is 16.1 Å². The molecule has 9 heteroatoms. The van der Waals surface area contributed by atoms with Gasteiger partial charge in [0.25, 0.3) is 15.9 Å². The van der Waals surface area contributed by atoms with Gasteiger partial charge in [0.05, 0.1) is 23.0 Å². The van der Waals surface area contributed by atoms with Gasteiger partial charge in [0, 0.05) is 11.4 Å². The van der Waals surface area contributed by atoms with Gasteiger partial charge in [-0.1, -0.05) is 12.1 Å². The van der Waals surface area contributed by atoms with E-state index in [4.69, 9.17) is 9.47 Å². The Labute approximate surface area is 210 Å². The summed E-state index contributed by atoms with van der Waals surface area (Å²) in [5.74, 6) is 0.715. The number of anilines is 2. The van der Waals surface area contributed by atoms with Gasteiger partial charge in [0.1, 0.15) is 11.5 Å². The van der Waals surface area contributed by atoms with Crippen LogP contribution in [0.25, 0.3) is 0 Å². The summed E-state index contributed by atoms with van der Waals surface area (Å²) >= 11 is 0. The summed E-state index contributed by atoms with van der Waals surface area (Å²) in [7, 11) is -3.81. The Kier molecular flexibility index (Phi) is 7.17. The van der Waals surface area contributed by atoms with Crippen LogP contribution < -0.4 is 19.5 Å². The second-order valence-corrected chi connectivity index (χ2v) is 10.3. The van der Waals surface area contributed by atoms with E-state index in [0.29, 0.717) is 35.0 Å². The minimum absolute atomic E-state index is 0.0802. The molecule has 0 bridgehead atoms. The number of hydrogen-bond acceptors (Lipinski definition) is 6. The number of sulfonamides is 1. The lowest BCUT2D eigenvalue weighted by Gasteiger charge is -2.13. The maximum absolute atomic E-state index is 12.8. The molecule has 0 saturated heterocycles. The molecule has 3 aromatic carbocycles. The number of ether oxygens (including phenoxy) is 2. The van der Waals surface area contributed by atoms with Crippen LogP contribution in [0.2, 0.25) is 0 Å². The van der Waals surface area contributed by atoms with Gasteiger partial charge in [-0.05, 0) is 92.4 Å². The van der Waals surface area contributed by atoms with Crippen LogP contribution in [0.15, 0.2) is 71.6 Å². The Morgan fingerprint density at radius 2 is 1.67 bits per heavy atom. The molecule has 8 nitrogen and oxygen atoms in total. The van der Waals surface area contributed by atoms with Crippen molar-refractivity contribution in [3.8, 4) is 17.6 Å². The summed E-state index contributed by atoms with van der Waals surface area (Å²) in [6, 6.07) is 20.7. The van der Waals surface area contributed by atoms with Crippen molar-refractivity contribution in [1.82, 2.24) is 0 Å². The molecular weight excluding hydrogens is 478 g/mol. The molecule has 0 heterocycles. The molecule has 3 aromatic rings. The lowest BCUT2D eigenvalue weighted by Crippen LogP contribution is -2.20. The van der Waals surface area contributed by atoms with Crippen LogP contribution in [0, 0.1) is 18.3 Å². The molecule has 0 unspecified atom stereocenters. The molecule has 1 saturated carbocycles. The fourth-order valence-corrected chi connectivity index (χ4v) is 4.90. The molecule has 4 rings (SSSR count). The topological polar surface area (TPSA) is 118 Å². The predicted molar refractivity (Wildman–Crippen MR) is 137 cm³/mol. The lowest BCUT2D eigenvalue weighted by atomic mass is 9.98. The van der Waals surface area contributed by atoms with Crippen LogP contribution >= 0.6 is 0 Å². The largest absolute Gasteiger partial charge is 0.494 e. The van der Waals surface area contributed by atoms with Gasteiger partial charge < -0.3 is 14.8 Å². The number of nitrogens with zero attached hydrogens (tertiary/aromatic N) is 1. The van der Waals surface area contributed by atoms with Crippen molar-refractivity contribution in [2.24, 2.45) is 0 Å². The van der Waals surface area contributed by atoms with Crippen LogP contribution in [-0.4, -0.2) is 27.5 Å². The van der Waals surface area contributed by atoms with E-state index in [-0.39, 0.29) is 22.8 Å². The number of benzene rings is 3. The van der Waals surface area contributed by atoms with Gasteiger partial charge in [0.15, 0.2) is 6.61 Å². The quantitative estimate of drug-likeness (QED) is 0.410. The summed E-state index contributed by atoms with van der Waals surface area (Å²) < 4.78 is 39.1. The molecule has 186 valence electrons. The molecule has 0 radical (unpaired) electrons. The maximum atomic E-state index is 12.8. The summed E-state index contributed by atoms with van der Waals surface area (Å²) in [6.45, 7) is 3.88. The van der Waals surface area contributed by atoms with Crippen molar-refractivity contribution in [3.05, 3.63) is 77.9 Å². The van der Waals surface area contributed by atoms with E-state index in [9.17, 15) is 18.5 Å². The van der Waals surface area contributed by atoms with Crippen molar-refractivity contribution in [2.45, 2.75) is 37.0 Å². The van der Waals surface area contributed by atoms with Crippen molar-refractivity contribution in [2.75, 3.05) is 23.3 Å². The van der Waals surface area contributed by atoms with E-state index in [1.807, 2.05) is 19.1 Å². The monoisotopic (exact) mass is 505 g/mol. The molecule has 0 aliphatic heterocycles. The molecule has 1 aliphatic rings. The Balaban J connectivity index is 1.33. The summed E-state index contributed by atoms with van der Waals surface area (Å²) in [6.07, 6.45) is 1.72. The molecule has 1 fully saturated rings. The zero-order chi connectivity index (χ0) is 25.8. The average molecular weight is 506 g/mol. The Hall–Kier alpha value is -4.03. The van der Waals surface area contributed by atoms with E-state index in [1.165, 1.54) is 18.2 Å². The zero-order valence-electron chi connectivity index (χ0n) is 20.1. The van der Waals surface area contributed by atoms with E-state index >= 15 is 0 Å². The second kappa shape index (κ2) is 10.3. The minimum atomic E-state index is -3.81. The smallest absolute Gasteiger partial charge is 0.262 e. The fourth-order valence-electron chi connectivity index (χ4n) is 3.75. The molecule has 1 aliphatic carbocycles. The number of rotatable bonds is 10. The van der Waals surface area contributed by atoms with E-state index < -0.39 is 10.0 Å². The van der Waals surface area contributed by atoms with Crippen LogP contribution in [0.4, 0.5) is 11.4 Å². The molecular formula is C27H27N3O5S. The van der Waals surface area contributed by atoms with Gasteiger partial charge >= 0.3 is 0 Å². The third-order valence-electron chi connectivity index (χ3n) is 5.92. The average Bonchev–Trinajstić information content (AvgIpc) is 3.66. The first kappa shape index (κ1) is 25.1. The number of hydrogen-bond donors (Lipinski definition) is 2. The van der Waals surface area contributed by atoms with Crippen molar-refractivity contribution < 1.29 is 22.7 Å². The first-order valence-electron chi connectivity index (χ1n) is 11.6. The van der Waals surface area contributed by atoms with Crippen molar-refractivity contribution in [1.29, 1.82) is 5.26 Å². The van der Waals surface area contributed by atoms with E-state index in [0.717, 1.165) is 18.4 Å². The lowest BCUT2D eigenvalue weighted by molar-refractivity contribution is -0.118. The van der Waals surface area contributed by atoms with Crippen molar-refractivity contribution >= 4 is 27.3 Å². The highest BCUT2D eigenvalue weighted by Gasteiger charge is 2.44. The van der Waals surface area contributed by atoms with Crippen LogP contribution in [-0.2, 0) is 20.2 Å². The first-order chi connectivity index (χ1) is 17.2. The standard InChI is InChI=1S/C27H27N3O5S/c1-3-34-23-10-8-22(9-11-23)30-36(32,33)24-12-13-25(19(2)16-24)35-17-26(31)29-21-6-4-20(5-7-21)27(18-28)14-15-27/h4-13,16,30H,3,14-15,17H2,1-2H3,(H,29,31). The number of nitrogens with one attached hydrogen (secondary N) is 2. The number of aryl methyl sites for hydroxylation is 1. The number of nitriles is 1. The Morgan fingerprint density at radius 3 is 2.25 bits per heavy atom. The van der Waals surface area contributed by atoms with Crippen molar-refractivity contribution in [3.63, 3.8) is 0 Å². The molecule has 0 atom stereocenters. The Morgan fingerprint density at radius 1 is 1.00 bits per heavy atom. The SMILES string of the molecule is CCOc1ccc(NS(=O)(=O)c2ccc(OCC(=O)Nc3ccc(C4(C#N)CC4)cc3)c(C)c2)cc1. The molecule has 1 amide bonds. The number of amides is 1. The third kappa shape index (κ3) is 5.78. The zero-order valence-corrected chi connectivity index (χ0v) is 20.9. The highest BCUT2D eigenvalue weighted by molar-refractivity contribution is 7.92. The number of carbonyl (C=O) groups is 1. The van der Waals surface area contributed by atoms with Crippen LogP contribution in [0.1, 0.15) is 30.9 Å². The minimum Gasteiger partial charge on any atom is -0.494 e. The number of carbonyl (C=O) groups excluding carboxylic acids is 1.